The van der Waals surface area contributed by atoms with Gasteiger partial charge in [-0.2, -0.15) is 10.2 Å². The third-order valence-electron chi connectivity index (χ3n) is 4.07. The summed E-state index contributed by atoms with van der Waals surface area (Å²) in [5.74, 6) is -0.115. The maximum absolute atomic E-state index is 11.6. The van der Waals surface area contributed by atoms with Crippen molar-refractivity contribution in [1.29, 1.82) is 0 Å². The quantitative estimate of drug-likeness (QED) is 0.221. The van der Waals surface area contributed by atoms with Gasteiger partial charge in [-0.15, -0.1) is 5.11 Å². The number of hydrogen-bond donors (Lipinski definition) is 1. The van der Waals surface area contributed by atoms with Gasteiger partial charge in [-0.05, 0) is 32.9 Å². The van der Waals surface area contributed by atoms with Gasteiger partial charge in [-0.1, -0.05) is 53.2 Å². The van der Waals surface area contributed by atoms with Crippen LogP contribution in [0.1, 0.15) is 25.8 Å². The van der Waals surface area contributed by atoms with Gasteiger partial charge in [0.15, 0.2) is 5.69 Å². The van der Waals surface area contributed by atoms with Crippen LogP contribution in [-0.2, 0) is 9.53 Å². The van der Waals surface area contributed by atoms with Crippen LogP contribution in [0.3, 0.4) is 0 Å². The van der Waals surface area contributed by atoms with Crippen molar-refractivity contribution in [1.82, 2.24) is 5.16 Å². The van der Waals surface area contributed by atoms with Crippen LogP contribution in [0.15, 0.2) is 74.5 Å². The molecule has 0 spiro atoms. The zero-order valence-corrected chi connectivity index (χ0v) is 17.1. The van der Waals surface area contributed by atoms with Gasteiger partial charge in [0.05, 0.1) is 18.7 Å². The fourth-order valence-corrected chi connectivity index (χ4v) is 2.56. The van der Waals surface area contributed by atoms with E-state index in [0.717, 1.165) is 11.1 Å². The van der Waals surface area contributed by atoms with Crippen molar-refractivity contribution >= 4 is 28.9 Å². The number of carbonyl (C=O) groups is 1. The molecule has 1 N–H and O–H groups in total. The van der Waals surface area contributed by atoms with E-state index in [9.17, 15) is 4.79 Å². The highest BCUT2D eigenvalue weighted by atomic mass is 16.5. The van der Waals surface area contributed by atoms with Gasteiger partial charge in [0, 0.05) is 11.3 Å². The smallest absolute Gasteiger partial charge is 0.311 e. The van der Waals surface area contributed by atoms with Gasteiger partial charge in [-0.25, -0.2) is 5.43 Å². The predicted octanol–water partition coefficient (Wildman–Crippen LogP) is 5.81. The Balaban J connectivity index is 1.88. The lowest BCUT2D eigenvalue weighted by Crippen LogP contribution is -2.09. The number of azo groups is 1. The monoisotopic (exact) mass is 405 g/mol. The van der Waals surface area contributed by atoms with Crippen LogP contribution >= 0.6 is 0 Å². The lowest BCUT2D eigenvalue weighted by molar-refractivity contribution is -0.141. The summed E-state index contributed by atoms with van der Waals surface area (Å²) in [7, 11) is 0. The molecule has 0 aliphatic carbocycles. The molecule has 0 aliphatic rings. The molecule has 1 aromatic heterocycles. The van der Waals surface area contributed by atoms with E-state index in [2.05, 4.69) is 25.9 Å². The zero-order valence-electron chi connectivity index (χ0n) is 17.1. The Morgan fingerprint density at radius 1 is 1.10 bits per heavy atom. The van der Waals surface area contributed by atoms with Crippen LogP contribution in [0.25, 0.3) is 11.3 Å². The van der Waals surface area contributed by atoms with E-state index in [4.69, 9.17) is 9.26 Å². The molecule has 1 heterocycles. The fraction of sp³-hybridized carbons (Fsp3) is 0.227. The van der Waals surface area contributed by atoms with Crippen LogP contribution in [0.2, 0.25) is 0 Å². The van der Waals surface area contributed by atoms with Gasteiger partial charge >= 0.3 is 5.97 Å². The fourth-order valence-electron chi connectivity index (χ4n) is 2.56. The molecule has 0 radical (unpaired) electrons. The Labute approximate surface area is 174 Å². The molecule has 154 valence electrons. The Hall–Kier alpha value is -3.81. The lowest BCUT2D eigenvalue weighted by Gasteiger charge is -2.02. The van der Waals surface area contributed by atoms with E-state index >= 15 is 0 Å². The molecular weight excluding hydrogens is 382 g/mol. The summed E-state index contributed by atoms with van der Waals surface area (Å²) in [5, 5.41) is 17.0. The second-order valence-corrected chi connectivity index (χ2v) is 6.55. The van der Waals surface area contributed by atoms with Gasteiger partial charge in [-0.3, -0.25) is 4.79 Å². The second-order valence-electron chi connectivity index (χ2n) is 6.55. The molecule has 3 aromatic rings. The summed E-state index contributed by atoms with van der Waals surface area (Å²) in [4.78, 5) is 11.6. The number of nitrogens with one attached hydrogen (secondary N) is 1. The molecule has 3 rings (SSSR count). The highest BCUT2D eigenvalue weighted by molar-refractivity contribution is 5.98. The maximum Gasteiger partial charge on any atom is 0.311 e. The molecule has 0 unspecified atom stereocenters. The Morgan fingerprint density at radius 2 is 1.83 bits per heavy atom. The number of rotatable bonds is 8. The van der Waals surface area contributed by atoms with Crippen molar-refractivity contribution in [2.75, 3.05) is 12.0 Å². The largest absolute Gasteiger partial charge is 0.466 e. The van der Waals surface area contributed by atoms with E-state index in [1.54, 1.807) is 13.8 Å². The molecule has 0 aliphatic heterocycles. The number of ether oxygens (including phenoxy) is 1. The van der Waals surface area contributed by atoms with Gasteiger partial charge < -0.3 is 9.26 Å². The number of esters is 1. The number of nitrogens with zero attached hydrogens (tertiary/aromatic N) is 4. The van der Waals surface area contributed by atoms with E-state index in [-0.39, 0.29) is 18.3 Å². The first-order chi connectivity index (χ1) is 14.6. The molecule has 2 aromatic carbocycles. The van der Waals surface area contributed by atoms with Crippen LogP contribution in [0.5, 0.6) is 0 Å². The first-order valence-corrected chi connectivity index (χ1v) is 9.55. The molecule has 30 heavy (non-hydrogen) atoms. The number of carbonyl (C=O) groups excluding carboxylic acids is 1. The highest BCUT2D eigenvalue weighted by Gasteiger charge is 2.18. The molecule has 0 fully saturated rings. The van der Waals surface area contributed by atoms with Gasteiger partial charge in [0.25, 0.3) is 5.88 Å². The molecule has 0 saturated carbocycles. The summed E-state index contributed by atoms with van der Waals surface area (Å²) in [6.07, 6.45) is 0.0702. The van der Waals surface area contributed by atoms with Crippen molar-refractivity contribution < 1.29 is 14.1 Å². The molecular formula is C22H23N5O3. The lowest BCUT2D eigenvalue weighted by atomic mass is 10.1. The minimum absolute atomic E-state index is 0.0702. The Kier molecular flexibility index (Phi) is 7.05. The normalized spacial score (nSPS) is 11.6. The van der Waals surface area contributed by atoms with Gasteiger partial charge in [0.2, 0.25) is 0 Å². The standard InChI is InChI=1S/C22H23N5O3/c1-4-29-19(28)14-16(3)23-26-22-21(25-24-18-12-10-15(2)11-13-18)20(27-30-22)17-8-6-5-7-9-17/h5-13,26H,4,14H2,1-3H3/b23-16+,25-24?. The van der Waals surface area contributed by atoms with E-state index in [0.29, 0.717) is 29.4 Å². The van der Waals surface area contributed by atoms with Crippen LogP contribution in [-0.4, -0.2) is 23.4 Å². The van der Waals surface area contributed by atoms with Gasteiger partial charge in [0.1, 0.15) is 5.69 Å². The first-order valence-electron chi connectivity index (χ1n) is 9.55. The number of hydrogen-bond acceptors (Lipinski definition) is 8. The summed E-state index contributed by atoms with van der Waals surface area (Å²) >= 11 is 0. The summed E-state index contributed by atoms with van der Waals surface area (Å²) in [5.41, 5.74) is 6.95. The van der Waals surface area contributed by atoms with Crippen molar-refractivity contribution in [2.45, 2.75) is 27.2 Å². The number of hydrazone groups is 1. The number of anilines is 1. The molecule has 8 heteroatoms. The Bertz CT molecular complexity index is 1040. The summed E-state index contributed by atoms with van der Waals surface area (Å²) < 4.78 is 10.4. The van der Waals surface area contributed by atoms with Crippen LogP contribution in [0.4, 0.5) is 17.3 Å². The van der Waals surface area contributed by atoms with Crippen LogP contribution < -0.4 is 5.43 Å². The van der Waals surface area contributed by atoms with Crippen molar-refractivity contribution in [3.8, 4) is 11.3 Å². The second kappa shape index (κ2) is 10.1. The minimum atomic E-state index is -0.345. The van der Waals surface area contributed by atoms with Crippen molar-refractivity contribution in [3.05, 3.63) is 60.2 Å². The number of benzene rings is 2. The molecule has 0 atom stereocenters. The molecule has 8 nitrogen and oxygen atoms in total. The summed E-state index contributed by atoms with van der Waals surface area (Å²) in [6.45, 7) is 5.80. The zero-order chi connectivity index (χ0) is 21.3. The molecule has 0 bridgehead atoms. The highest BCUT2D eigenvalue weighted by Crippen LogP contribution is 2.37. The topological polar surface area (TPSA) is 101 Å². The molecule has 0 amide bonds. The van der Waals surface area contributed by atoms with Crippen molar-refractivity contribution in [2.24, 2.45) is 15.3 Å². The SMILES string of the molecule is CCOC(=O)C/C(C)=N/Nc1onc(-c2ccccc2)c1N=Nc1ccc(C)cc1. The third-order valence-corrected chi connectivity index (χ3v) is 4.07. The molecule has 0 saturated heterocycles. The average molecular weight is 405 g/mol. The third kappa shape index (κ3) is 5.60. The maximum atomic E-state index is 11.6. The first kappa shape index (κ1) is 20.9. The van der Waals surface area contributed by atoms with Crippen molar-refractivity contribution in [3.63, 3.8) is 0 Å². The van der Waals surface area contributed by atoms with E-state index in [1.807, 2.05) is 61.5 Å². The van der Waals surface area contributed by atoms with Crippen LogP contribution in [0, 0.1) is 6.92 Å². The Morgan fingerprint density at radius 3 is 2.53 bits per heavy atom. The number of aryl methyl sites for hydroxylation is 1. The number of aromatic nitrogens is 1. The minimum Gasteiger partial charge on any atom is -0.466 e. The van der Waals surface area contributed by atoms with E-state index < -0.39 is 0 Å². The van der Waals surface area contributed by atoms with E-state index in [1.165, 1.54) is 0 Å². The average Bonchev–Trinajstić information content (AvgIpc) is 3.15. The predicted molar refractivity (Wildman–Crippen MR) is 115 cm³/mol. The summed E-state index contributed by atoms with van der Waals surface area (Å²) in [6, 6.07) is 17.2.